The van der Waals surface area contributed by atoms with Gasteiger partial charge in [-0.1, -0.05) is 0 Å². The summed E-state index contributed by atoms with van der Waals surface area (Å²) in [4.78, 5) is 16.6. The van der Waals surface area contributed by atoms with Crippen molar-refractivity contribution >= 4 is 11.7 Å². The van der Waals surface area contributed by atoms with Crippen LogP contribution in [0.5, 0.6) is 0 Å². The van der Waals surface area contributed by atoms with Gasteiger partial charge in [0, 0.05) is 25.5 Å². The fourth-order valence-electron chi connectivity index (χ4n) is 1.79. The van der Waals surface area contributed by atoms with Crippen LogP contribution in [0.15, 0.2) is 18.5 Å². The van der Waals surface area contributed by atoms with Crippen molar-refractivity contribution in [2.75, 3.05) is 18.0 Å². The van der Waals surface area contributed by atoms with E-state index in [2.05, 4.69) is 4.98 Å². The molecule has 0 aromatic carbocycles. The summed E-state index contributed by atoms with van der Waals surface area (Å²) < 4.78 is 0. The number of aliphatic hydroxyl groups excluding tert-OH is 1. The molecule has 1 aliphatic heterocycles. The molecular weight excluding hydrogens is 196 g/mol. The number of hydrogen-bond donors (Lipinski definition) is 2. The van der Waals surface area contributed by atoms with E-state index < -0.39 is 5.97 Å². The summed E-state index contributed by atoms with van der Waals surface area (Å²) in [6.45, 7) is 1.18. The van der Waals surface area contributed by atoms with E-state index in [9.17, 15) is 9.90 Å². The van der Waals surface area contributed by atoms with Crippen molar-refractivity contribution in [3.8, 4) is 0 Å². The van der Waals surface area contributed by atoms with Crippen LogP contribution in [-0.2, 0) is 0 Å². The standard InChI is InChI=1S/C10H12N2O3/c13-7-2-4-12(6-7)9-1-3-11-5-8(9)10(14)15/h1,3,5,7,13H,2,4,6H2,(H,14,15). The Morgan fingerprint density at radius 2 is 2.40 bits per heavy atom. The van der Waals surface area contributed by atoms with Crippen molar-refractivity contribution in [3.63, 3.8) is 0 Å². The van der Waals surface area contributed by atoms with Gasteiger partial charge in [-0.3, -0.25) is 4.98 Å². The van der Waals surface area contributed by atoms with Crippen molar-refractivity contribution in [2.45, 2.75) is 12.5 Å². The average molecular weight is 208 g/mol. The van der Waals surface area contributed by atoms with Crippen LogP contribution in [-0.4, -0.2) is 40.4 Å². The van der Waals surface area contributed by atoms with Crippen molar-refractivity contribution in [3.05, 3.63) is 24.0 Å². The lowest BCUT2D eigenvalue weighted by atomic mass is 10.2. The molecule has 1 aromatic heterocycles. The highest BCUT2D eigenvalue weighted by Gasteiger charge is 2.23. The zero-order chi connectivity index (χ0) is 10.8. The first-order valence-electron chi connectivity index (χ1n) is 4.79. The molecule has 0 radical (unpaired) electrons. The monoisotopic (exact) mass is 208 g/mol. The summed E-state index contributed by atoms with van der Waals surface area (Å²) in [5.41, 5.74) is 0.820. The SMILES string of the molecule is O=C(O)c1cnccc1N1CCC(O)C1. The number of carbonyl (C=O) groups is 1. The van der Waals surface area contributed by atoms with Gasteiger partial charge < -0.3 is 15.1 Å². The second-order valence-electron chi connectivity index (χ2n) is 3.59. The lowest BCUT2D eigenvalue weighted by Crippen LogP contribution is -2.23. The van der Waals surface area contributed by atoms with Gasteiger partial charge >= 0.3 is 5.97 Å². The maximum atomic E-state index is 10.9. The Kier molecular flexibility index (Phi) is 2.55. The number of aromatic nitrogens is 1. The minimum Gasteiger partial charge on any atom is -0.478 e. The molecule has 0 bridgehead atoms. The molecule has 1 atom stereocenters. The lowest BCUT2D eigenvalue weighted by molar-refractivity contribution is 0.0697. The van der Waals surface area contributed by atoms with Crippen molar-refractivity contribution in [2.24, 2.45) is 0 Å². The van der Waals surface area contributed by atoms with Crippen LogP contribution in [0.3, 0.4) is 0 Å². The Hall–Kier alpha value is -1.62. The average Bonchev–Trinajstić information content (AvgIpc) is 2.65. The van der Waals surface area contributed by atoms with Crippen molar-refractivity contribution < 1.29 is 15.0 Å². The normalized spacial score (nSPS) is 20.6. The number of nitrogens with zero attached hydrogens (tertiary/aromatic N) is 2. The Labute approximate surface area is 87.0 Å². The number of carboxylic acids is 1. The molecular formula is C10H12N2O3. The van der Waals surface area contributed by atoms with E-state index in [-0.39, 0.29) is 11.7 Å². The smallest absolute Gasteiger partial charge is 0.339 e. The Balaban J connectivity index is 2.31. The van der Waals surface area contributed by atoms with Gasteiger partial charge in [-0.25, -0.2) is 4.79 Å². The van der Waals surface area contributed by atoms with Crippen LogP contribution >= 0.6 is 0 Å². The molecule has 0 amide bonds. The van der Waals surface area contributed by atoms with Gasteiger partial charge in [0.2, 0.25) is 0 Å². The number of pyridine rings is 1. The van der Waals surface area contributed by atoms with Crippen LogP contribution < -0.4 is 4.90 Å². The first-order valence-corrected chi connectivity index (χ1v) is 4.79. The van der Waals surface area contributed by atoms with Crippen LogP contribution in [0.4, 0.5) is 5.69 Å². The predicted molar refractivity (Wildman–Crippen MR) is 54.0 cm³/mol. The molecule has 2 N–H and O–H groups in total. The third-order valence-corrected chi connectivity index (χ3v) is 2.53. The van der Waals surface area contributed by atoms with Gasteiger partial charge in [-0.2, -0.15) is 0 Å². The molecule has 80 valence electrons. The number of anilines is 1. The second kappa shape index (κ2) is 3.86. The van der Waals surface area contributed by atoms with E-state index in [1.165, 1.54) is 6.20 Å². The molecule has 0 aliphatic carbocycles. The summed E-state index contributed by atoms with van der Waals surface area (Å²) in [6, 6.07) is 1.67. The summed E-state index contributed by atoms with van der Waals surface area (Å²) in [5.74, 6) is -0.987. The van der Waals surface area contributed by atoms with Crippen molar-refractivity contribution in [1.82, 2.24) is 4.98 Å². The molecule has 1 aliphatic rings. The number of aromatic carboxylic acids is 1. The minimum atomic E-state index is -0.987. The van der Waals surface area contributed by atoms with Crippen LogP contribution in [0.2, 0.25) is 0 Å². The fraction of sp³-hybridized carbons (Fsp3) is 0.400. The summed E-state index contributed by atoms with van der Waals surface area (Å²) in [5, 5.41) is 18.3. The molecule has 5 heteroatoms. The molecule has 1 fully saturated rings. The number of carboxylic acid groups (broad SMARTS) is 1. The first-order chi connectivity index (χ1) is 7.18. The lowest BCUT2D eigenvalue weighted by Gasteiger charge is -2.19. The molecule has 0 spiro atoms. The van der Waals surface area contributed by atoms with Gasteiger partial charge in [0.1, 0.15) is 5.56 Å². The topological polar surface area (TPSA) is 73.7 Å². The minimum absolute atomic E-state index is 0.187. The van der Waals surface area contributed by atoms with Crippen LogP contribution in [0.25, 0.3) is 0 Å². The van der Waals surface area contributed by atoms with Gasteiger partial charge in [-0.15, -0.1) is 0 Å². The zero-order valence-corrected chi connectivity index (χ0v) is 8.13. The molecule has 5 nitrogen and oxygen atoms in total. The maximum absolute atomic E-state index is 10.9. The number of rotatable bonds is 2. The number of β-amino-alcohol motifs (C(OH)–C–C–N with tert-alkyl or cyclic N) is 1. The number of hydrogen-bond acceptors (Lipinski definition) is 4. The highest BCUT2D eigenvalue weighted by Crippen LogP contribution is 2.23. The van der Waals surface area contributed by atoms with Crippen LogP contribution in [0, 0.1) is 0 Å². The second-order valence-corrected chi connectivity index (χ2v) is 3.59. The highest BCUT2D eigenvalue weighted by atomic mass is 16.4. The maximum Gasteiger partial charge on any atom is 0.339 e. The van der Waals surface area contributed by atoms with E-state index in [1.54, 1.807) is 12.3 Å². The Morgan fingerprint density at radius 1 is 1.60 bits per heavy atom. The van der Waals surface area contributed by atoms with Gasteiger partial charge in [-0.05, 0) is 12.5 Å². The van der Waals surface area contributed by atoms with E-state index in [4.69, 9.17) is 5.11 Å². The zero-order valence-electron chi connectivity index (χ0n) is 8.13. The van der Waals surface area contributed by atoms with E-state index in [1.807, 2.05) is 4.90 Å². The quantitative estimate of drug-likeness (QED) is 0.733. The highest BCUT2D eigenvalue weighted by molar-refractivity contribution is 5.94. The predicted octanol–water partition coefficient (Wildman–Crippen LogP) is 0.351. The third kappa shape index (κ3) is 1.92. The van der Waals surface area contributed by atoms with E-state index >= 15 is 0 Å². The first kappa shape index (κ1) is 9.92. The summed E-state index contributed by atoms with van der Waals surface area (Å²) >= 11 is 0. The van der Waals surface area contributed by atoms with Gasteiger partial charge in [0.25, 0.3) is 0 Å². The molecule has 1 unspecified atom stereocenters. The fourth-order valence-corrected chi connectivity index (χ4v) is 1.79. The number of aliphatic hydroxyl groups is 1. The van der Waals surface area contributed by atoms with Gasteiger partial charge in [0.15, 0.2) is 0 Å². The third-order valence-electron chi connectivity index (χ3n) is 2.53. The van der Waals surface area contributed by atoms with Crippen molar-refractivity contribution in [1.29, 1.82) is 0 Å². The molecule has 2 rings (SSSR count). The molecule has 2 heterocycles. The summed E-state index contributed by atoms with van der Waals surface area (Å²) in [7, 11) is 0. The molecule has 1 saturated heterocycles. The largest absolute Gasteiger partial charge is 0.478 e. The van der Waals surface area contributed by atoms with E-state index in [0.717, 1.165) is 0 Å². The summed E-state index contributed by atoms with van der Waals surface area (Å²) in [6.07, 6.45) is 3.22. The molecule has 0 saturated carbocycles. The van der Waals surface area contributed by atoms with Gasteiger partial charge in [0.05, 0.1) is 11.8 Å². The Morgan fingerprint density at radius 3 is 3.00 bits per heavy atom. The van der Waals surface area contributed by atoms with E-state index in [0.29, 0.717) is 25.2 Å². The Bertz CT molecular complexity index is 381. The molecule has 1 aromatic rings. The van der Waals surface area contributed by atoms with Crippen LogP contribution in [0.1, 0.15) is 16.8 Å². The molecule has 15 heavy (non-hydrogen) atoms.